The molecule has 96 valence electrons. The number of rotatable bonds is 5. The van der Waals surface area contributed by atoms with E-state index in [1.807, 2.05) is 18.2 Å². The number of hydrogen-bond donors (Lipinski definition) is 2. The van der Waals surface area contributed by atoms with E-state index in [0.29, 0.717) is 6.04 Å². The summed E-state index contributed by atoms with van der Waals surface area (Å²) in [5.74, 6) is 0.815. The smallest absolute Gasteiger partial charge is 0.121 e. The number of nitrogen functional groups attached to an aromatic ring is 1. The predicted octanol–water partition coefficient (Wildman–Crippen LogP) is 3.38. The Morgan fingerprint density at radius 2 is 2.22 bits per heavy atom. The summed E-state index contributed by atoms with van der Waals surface area (Å²) in [6, 6.07) is 10.2. The highest BCUT2D eigenvalue weighted by molar-refractivity contribution is 7.09. The molecule has 1 atom stereocenters. The molecule has 1 aromatic carbocycles. The Kier molecular flexibility index (Phi) is 4.10. The van der Waals surface area contributed by atoms with E-state index in [2.05, 4.69) is 29.8 Å². The van der Waals surface area contributed by atoms with Crippen LogP contribution in [0.3, 0.4) is 0 Å². The van der Waals surface area contributed by atoms with E-state index in [9.17, 15) is 0 Å². The van der Waals surface area contributed by atoms with Crippen molar-refractivity contribution in [3.8, 4) is 5.75 Å². The van der Waals surface area contributed by atoms with Gasteiger partial charge in [0.2, 0.25) is 0 Å². The molecule has 0 fully saturated rings. The molecule has 1 aromatic heterocycles. The quantitative estimate of drug-likeness (QED) is 0.812. The lowest BCUT2D eigenvalue weighted by atomic mass is 10.2. The SMILES string of the molecule is COc1ccc(N)c(NC(C)Cc2cccs2)c1. The minimum atomic E-state index is 0.332. The molecule has 18 heavy (non-hydrogen) atoms. The number of thiophene rings is 1. The average Bonchev–Trinajstić information content (AvgIpc) is 2.84. The van der Waals surface area contributed by atoms with Gasteiger partial charge in [-0.2, -0.15) is 0 Å². The van der Waals surface area contributed by atoms with Crippen LogP contribution >= 0.6 is 11.3 Å². The molecular weight excluding hydrogens is 244 g/mol. The van der Waals surface area contributed by atoms with E-state index in [-0.39, 0.29) is 0 Å². The van der Waals surface area contributed by atoms with Gasteiger partial charge >= 0.3 is 0 Å². The normalized spacial score (nSPS) is 12.1. The largest absolute Gasteiger partial charge is 0.497 e. The molecule has 1 heterocycles. The standard InChI is InChI=1S/C14H18N2OS/c1-10(8-12-4-3-7-18-12)16-14-9-11(17-2)5-6-13(14)15/h3-7,9-10,16H,8,15H2,1-2H3. The third kappa shape index (κ3) is 3.17. The third-order valence-corrected chi connectivity index (χ3v) is 3.65. The molecule has 2 rings (SSSR count). The summed E-state index contributed by atoms with van der Waals surface area (Å²) >= 11 is 1.78. The van der Waals surface area contributed by atoms with Gasteiger partial charge in [-0.15, -0.1) is 11.3 Å². The third-order valence-electron chi connectivity index (χ3n) is 2.75. The fourth-order valence-corrected chi connectivity index (χ4v) is 2.67. The number of ether oxygens (including phenoxy) is 1. The fourth-order valence-electron chi connectivity index (χ4n) is 1.83. The van der Waals surface area contributed by atoms with Crippen LogP contribution in [-0.2, 0) is 6.42 Å². The molecule has 0 amide bonds. The minimum absolute atomic E-state index is 0.332. The molecule has 0 saturated heterocycles. The highest BCUT2D eigenvalue weighted by atomic mass is 32.1. The van der Waals surface area contributed by atoms with Gasteiger partial charge in [0.1, 0.15) is 5.75 Å². The maximum atomic E-state index is 5.95. The number of nitrogens with one attached hydrogen (secondary N) is 1. The van der Waals surface area contributed by atoms with Gasteiger partial charge in [-0.1, -0.05) is 6.07 Å². The maximum absolute atomic E-state index is 5.95. The Bertz CT molecular complexity index is 497. The van der Waals surface area contributed by atoms with Crippen LogP contribution in [0.2, 0.25) is 0 Å². The Hall–Kier alpha value is -1.68. The molecule has 2 aromatic rings. The average molecular weight is 262 g/mol. The molecule has 0 spiro atoms. The molecule has 0 aliphatic carbocycles. The molecule has 1 unspecified atom stereocenters. The first-order valence-corrected chi connectivity index (χ1v) is 6.79. The summed E-state index contributed by atoms with van der Waals surface area (Å²) in [5, 5.41) is 5.52. The van der Waals surface area contributed by atoms with Crippen molar-refractivity contribution in [2.45, 2.75) is 19.4 Å². The van der Waals surface area contributed by atoms with Crippen molar-refractivity contribution >= 4 is 22.7 Å². The predicted molar refractivity (Wildman–Crippen MR) is 78.5 cm³/mol. The van der Waals surface area contributed by atoms with Crippen molar-refractivity contribution in [2.24, 2.45) is 0 Å². The summed E-state index contributed by atoms with van der Waals surface area (Å²) < 4.78 is 5.20. The second-order valence-electron chi connectivity index (χ2n) is 4.28. The van der Waals surface area contributed by atoms with Crippen LogP contribution < -0.4 is 15.8 Å². The topological polar surface area (TPSA) is 47.3 Å². The second-order valence-corrected chi connectivity index (χ2v) is 5.31. The van der Waals surface area contributed by atoms with Crippen LogP contribution in [0.1, 0.15) is 11.8 Å². The number of anilines is 2. The Balaban J connectivity index is 2.04. The lowest BCUT2D eigenvalue weighted by Crippen LogP contribution is -2.18. The van der Waals surface area contributed by atoms with Crippen LogP contribution in [0.4, 0.5) is 11.4 Å². The van der Waals surface area contributed by atoms with E-state index in [0.717, 1.165) is 23.5 Å². The lowest BCUT2D eigenvalue weighted by Gasteiger charge is -2.16. The van der Waals surface area contributed by atoms with Gasteiger partial charge in [0.15, 0.2) is 0 Å². The zero-order chi connectivity index (χ0) is 13.0. The molecular formula is C14H18N2OS. The van der Waals surface area contributed by atoms with Gasteiger partial charge in [-0.3, -0.25) is 0 Å². The first kappa shape index (κ1) is 12.8. The van der Waals surface area contributed by atoms with Crippen molar-refractivity contribution in [1.82, 2.24) is 0 Å². The van der Waals surface area contributed by atoms with E-state index in [4.69, 9.17) is 10.5 Å². The number of benzene rings is 1. The summed E-state index contributed by atoms with van der Waals surface area (Å²) in [5.41, 5.74) is 7.62. The van der Waals surface area contributed by atoms with Crippen molar-refractivity contribution in [1.29, 1.82) is 0 Å². The maximum Gasteiger partial charge on any atom is 0.121 e. The van der Waals surface area contributed by atoms with Crippen molar-refractivity contribution in [3.63, 3.8) is 0 Å². The van der Waals surface area contributed by atoms with Crippen LogP contribution in [0.25, 0.3) is 0 Å². The fraction of sp³-hybridized carbons (Fsp3) is 0.286. The Morgan fingerprint density at radius 3 is 2.89 bits per heavy atom. The van der Waals surface area contributed by atoms with Crippen molar-refractivity contribution in [2.75, 3.05) is 18.2 Å². The summed E-state index contributed by atoms with van der Waals surface area (Å²) in [7, 11) is 1.66. The minimum Gasteiger partial charge on any atom is -0.497 e. The van der Waals surface area contributed by atoms with E-state index >= 15 is 0 Å². The zero-order valence-electron chi connectivity index (χ0n) is 10.6. The summed E-state index contributed by atoms with van der Waals surface area (Å²) in [6.07, 6.45) is 0.994. The van der Waals surface area contributed by atoms with Crippen LogP contribution in [-0.4, -0.2) is 13.2 Å². The summed E-state index contributed by atoms with van der Waals surface area (Å²) in [4.78, 5) is 1.37. The molecule has 0 bridgehead atoms. The molecule has 0 aliphatic rings. The Labute approximate surface area is 112 Å². The van der Waals surface area contributed by atoms with Crippen LogP contribution in [0, 0.1) is 0 Å². The number of hydrogen-bond acceptors (Lipinski definition) is 4. The molecule has 3 nitrogen and oxygen atoms in total. The lowest BCUT2D eigenvalue weighted by molar-refractivity contribution is 0.415. The first-order chi connectivity index (χ1) is 8.69. The summed E-state index contributed by atoms with van der Waals surface area (Å²) in [6.45, 7) is 2.15. The zero-order valence-corrected chi connectivity index (χ0v) is 11.5. The van der Waals surface area contributed by atoms with Crippen molar-refractivity contribution in [3.05, 3.63) is 40.6 Å². The number of nitrogens with two attached hydrogens (primary N) is 1. The van der Waals surface area contributed by atoms with Gasteiger partial charge < -0.3 is 15.8 Å². The van der Waals surface area contributed by atoms with Gasteiger partial charge in [-0.05, 0) is 30.5 Å². The monoisotopic (exact) mass is 262 g/mol. The van der Waals surface area contributed by atoms with Gasteiger partial charge in [-0.25, -0.2) is 0 Å². The van der Waals surface area contributed by atoms with Gasteiger partial charge in [0.05, 0.1) is 18.5 Å². The first-order valence-electron chi connectivity index (χ1n) is 5.91. The number of methoxy groups -OCH3 is 1. The Morgan fingerprint density at radius 1 is 1.39 bits per heavy atom. The van der Waals surface area contributed by atoms with Gasteiger partial charge in [0, 0.05) is 23.4 Å². The second kappa shape index (κ2) is 5.78. The van der Waals surface area contributed by atoms with E-state index < -0.39 is 0 Å². The van der Waals surface area contributed by atoms with Crippen LogP contribution in [0.5, 0.6) is 5.75 Å². The molecule has 0 aliphatic heterocycles. The van der Waals surface area contributed by atoms with Gasteiger partial charge in [0.25, 0.3) is 0 Å². The highest BCUT2D eigenvalue weighted by Crippen LogP contribution is 2.25. The molecule has 4 heteroatoms. The molecule has 0 radical (unpaired) electrons. The molecule has 3 N–H and O–H groups in total. The van der Waals surface area contributed by atoms with Crippen LogP contribution in [0.15, 0.2) is 35.7 Å². The van der Waals surface area contributed by atoms with Crippen molar-refractivity contribution < 1.29 is 4.74 Å². The molecule has 0 saturated carbocycles. The van der Waals surface area contributed by atoms with E-state index in [1.165, 1.54) is 4.88 Å². The van der Waals surface area contributed by atoms with E-state index in [1.54, 1.807) is 18.4 Å². The highest BCUT2D eigenvalue weighted by Gasteiger charge is 2.07.